The summed E-state index contributed by atoms with van der Waals surface area (Å²) in [6.07, 6.45) is 1.04. The Bertz CT molecular complexity index is 612. The lowest BCUT2D eigenvalue weighted by molar-refractivity contribution is 0.0736. The molecule has 1 fully saturated rings. The van der Waals surface area contributed by atoms with Crippen LogP contribution in [0.3, 0.4) is 0 Å². The van der Waals surface area contributed by atoms with E-state index in [9.17, 15) is 13.2 Å². The van der Waals surface area contributed by atoms with Crippen LogP contribution in [0.1, 0.15) is 10.4 Å². The van der Waals surface area contributed by atoms with Crippen molar-refractivity contribution < 1.29 is 13.2 Å². The van der Waals surface area contributed by atoms with E-state index >= 15 is 0 Å². The first kappa shape index (κ1) is 15.1. The van der Waals surface area contributed by atoms with Crippen molar-refractivity contribution in [2.24, 2.45) is 0 Å². The molecule has 0 spiro atoms. The van der Waals surface area contributed by atoms with Crippen molar-refractivity contribution >= 4 is 33.2 Å². The van der Waals surface area contributed by atoms with Crippen LogP contribution < -0.4 is 10.0 Å². The van der Waals surface area contributed by atoms with E-state index in [1.165, 1.54) is 12.1 Å². The molecule has 0 aliphatic carbocycles. The van der Waals surface area contributed by atoms with Crippen LogP contribution in [0, 0.1) is 0 Å². The van der Waals surface area contributed by atoms with Gasteiger partial charge in [-0.3, -0.25) is 9.52 Å². The fourth-order valence-electron chi connectivity index (χ4n) is 1.99. The Hall–Kier alpha value is -1.31. The molecule has 0 radical (unpaired) electrons. The molecule has 1 heterocycles. The summed E-state index contributed by atoms with van der Waals surface area (Å²) in [5.74, 6) is -0.125. The number of piperazine rings is 1. The van der Waals surface area contributed by atoms with Crippen LogP contribution in [0.5, 0.6) is 0 Å². The van der Waals surface area contributed by atoms with E-state index in [1.54, 1.807) is 11.0 Å². The Morgan fingerprint density at radius 2 is 2.00 bits per heavy atom. The first-order chi connectivity index (χ1) is 9.37. The van der Waals surface area contributed by atoms with Crippen LogP contribution in [0.4, 0.5) is 5.69 Å². The highest BCUT2D eigenvalue weighted by atomic mass is 35.5. The Labute approximate surface area is 123 Å². The van der Waals surface area contributed by atoms with Crippen molar-refractivity contribution in [3.05, 3.63) is 28.8 Å². The number of benzene rings is 1. The minimum atomic E-state index is -3.44. The van der Waals surface area contributed by atoms with E-state index in [-0.39, 0.29) is 16.6 Å². The lowest BCUT2D eigenvalue weighted by Gasteiger charge is -2.27. The number of nitrogens with one attached hydrogen (secondary N) is 2. The Balaban J connectivity index is 2.24. The molecule has 1 amide bonds. The second-order valence-electron chi connectivity index (χ2n) is 4.61. The molecule has 1 aromatic rings. The minimum Gasteiger partial charge on any atom is -0.336 e. The molecule has 110 valence electrons. The third kappa shape index (κ3) is 3.84. The van der Waals surface area contributed by atoms with E-state index in [1.807, 2.05) is 0 Å². The number of anilines is 1. The van der Waals surface area contributed by atoms with Gasteiger partial charge in [-0.1, -0.05) is 11.6 Å². The third-order valence-corrected chi connectivity index (χ3v) is 3.83. The molecule has 2 rings (SSSR count). The topological polar surface area (TPSA) is 78.5 Å². The van der Waals surface area contributed by atoms with Crippen molar-refractivity contribution in [1.29, 1.82) is 0 Å². The lowest BCUT2D eigenvalue weighted by Crippen LogP contribution is -2.46. The maximum atomic E-state index is 12.3. The molecule has 0 atom stereocenters. The summed E-state index contributed by atoms with van der Waals surface area (Å²) < 4.78 is 24.8. The molecular weight excluding hydrogens is 302 g/mol. The molecule has 1 aromatic carbocycles. The van der Waals surface area contributed by atoms with Crippen LogP contribution in [0.25, 0.3) is 0 Å². The number of amides is 1. The van der Waals surface area contributed by atoms with Gasteiger partial charge in [0, 0.05) is 31.7 Å². The SMILES string of the molecule is CS(=O)(=O)Nc1cc(C(=O)N2CCNCC2)ccc1Cl. The average Bonchev–Trinajstić information content (AvgIpc) is 2.40. The smallest absolute Gasteiger partial charge is 0.254 e. The molecule has 1 saturated heterocycles. The lowest BCUT2D eigenvalue weighted by atomic mass is 10.1. The molecule has 2 N–H and O–H groups in total. The van der Waals surface area contributed by atoms with Crippen molar-refractivity contribution in [3.63, 3.8) is 0 Å². The number of hydrogen-bond acceptors (Lipinski definition) is 4. The Kier molecular flexibility index (Phi) is 4.52. The zero-order chi connectivity index (χ0) is 14.8. The molecular formula is C12H16ClN3O3S. The van der Waals surface area contributed by atoms with Gasteiger partial charge in [-0.05, 0) is 18.2 Å². The van der Waals surface area contributed by atoms with Gasteiger partial charge in [0.1, 0.15) is 0 Å². The zero-order valence-electron chi connectivity index (χ0n) is 11.0. The van der Waals surface area contributed by atoms with Gasteiger partial charge in [0.2, 0.25) is 10.0 Å². The second-order valence-corrected chi connectivity index (χ2v) is 6.77. The number of nitrogens with zero attached hydrogens (tertiary/aromatic N) is 1. The van der Waals surface area contributed by atoms with Gasteiger partial charge in [-0.15, -0.1) is 0 Å². The van der Waals surface area contributed by atoms with Gasteiger partial charge in [0.25, 0.3) is 5.91 Å². The molecule has 6 nitrogen and oxygen atoms in total. The van der Waals surface area contributed by atoms with E-state index in [0.717, 1.165) is 19.3 Å². The molecule has 0 saturated carbocycles. The van der Waals surface area contributed by atoms with Gasteiger partial charge in [0.15, 0.2) is 0 Å². The highest BCUT2D eigenvalue weighted by Crippen LogP contribution is 2.24. The first-order valence-electron chi connectivity index (χ1n) is 6.14. The first-order valence-corrected chi connectivity index (χ1v) is 8.41. The minimum absolute atomic E-state index is 0.125. The third-order valence-electron chi connectivity index (χ3n) is 2.91. The molecule has 0 aromatic heterocycles. The highest BCUT2D eigenvalue weighted by molar-refractivity contribution is 7.92. The Morgan fingerprint density at radius 3 is 2.60 bits per heavy atom. The number of sulfonamides is 1. The van der Waals surface area contributed by atoms with E-state index < -0.39 is 10.0 Å². The maximum Gasteiger partial charge on any atom is 0.254 e. The van der Waals surface area contributed by atoms with Crippen LogP contribution in [0.2, 0.25) is 5.02 Å². The molecule has 20 heavy (non-hydrogen) atoms. The predicted octanol–water partition coefficient (Wildman–Crippen LogP) is 0.757. The van der Waals surface area contributed by atoms with Gasteiger partial charge in [-0.25, -0.2) is 8.42 Å². The van der Waals surface area contributed by atoms with Gasteiger partial charge in [0.05, 0.1) is 17.0 Å². The van der Waals surface area contributed by atoms with Crippen LogP contribution in [-0.4, -0.2) is 51.7 Å². The predicted molar refractivity (Wildman–Crippen MR) is 78.7 cm³/mol. The molecule has 0 unspecified atom stereocenters. The summed E-state index contributed by atoms with van der Waals surface area (Å²) in [6.45, 7) is 2.79. The standard InChI is InChI=1S/C12H16ClN3O3S/c1-20(18,19)15-11-8-9(2-3-10(11)13)12(17)16-6-4-14-5-7-16/h2-3,8,14-15H,4-7H2,1H3. The van der Waals surface area contributed by atoms with Crippen LogP contribution in [-0.2, 0) is 10.0 Å². The van der Waals surface area contributed by atoms with Crippen molar-refractivity contribution in [1.82, 2.24) is 10.2 Å². The van der Waals surface area contributed by atoms with Crippen LogP contribution in [0.15, 0.2) is 18.2 Å². The van der Waals surface area contributed by atoms with E-state index in [0.29, 0.717) is 18.7 Å². The molecule has 1 aliphatic rings. The highest BCUT2D eigenvalue weighted by Gasteiger charge is 2.19. The van der Waals surface area contributed by atoms with Crippen molar-refractivity contribution in [2.45, 2.75) is 0 Å². The van der Waals surface area contributed by atoms with Gasteiger partial charge < -0.3 is 10.2 Å². The summed E-state index contributed by atoms with van der Waals surface area (Å²) >= 11 is 5.93. The zero-order valence-corrected chi connectivity index (χ0v) is 12.6. The summed E-state index contributed by atoms with van der Waals surface area (Å²) in [7, 11) is -3.44. The fraction of sp³-hybridized carbons (Fsp3) is 0.417. The number of hydrogen-bond donors (Lipinski definition) is 2. The number of halogens is 1. The summed E-state index contributed by atoms with van der Waals surface area (Å²) in [6, 6.07) is 4.58. The molecule has 1 aliphatic heterocycles. The summed E-state index contributed by atoms with van der Waals surface area (Å²) in [5.41, 5.74) is 0.637. The van der Waals surface area contributed by atoms with E-state index in [4.69, 9.17) is 11.6 Å². The number of carbonyl (C=O) groups excluding carboxylic acids is 1. The van der Waals surface area contributed by atoms with E-state index in [2.05, 4.69) is 10.0 Å². The number of carbonyl (C=O) groups is 1. The fourth-order valence-corrected chi connectivity index (χ4v) is 2.78. The Morgan fingerprint density at radius 1 is 1.35 bits per heavy atom. The number of rotatable bonds is 3. The summed E-state index contributed by atoms with van der Waals surface area (Å²) in [4.78, 5) is 14.0. The second kappa shape index (κ2) is 5.99. The maximum absolute atomic E-state index is 12.3. The largest absolute Gasteiger partial charge is 0.336 e. The van der Waals surface area contributed by atoms with Crippen molar-refractivity contribution in [3.8, 4) is 0 Å². The monoisotopic (exact) mass is 317 g/mol. The van der Waals surface area contributed by atoms with Gasteiger partial charge in [-0.2, -0.15) is 0 Å². The molecule has 0 bridgehead atoms. The summed E-state index contributed by atoms with van der Waals surface area (Å²) in [5, 5.41) is 3.42. The van der Waals surface area contributed by atoms with Crippen molar-refractivity contribution in [2.75, 3.05) is 37.2 Å². The van der Waals surface area contributed by atoms with Crippen LogP contribution >= 0.6 is 11.6 Å². The quantitative estimate of drug-likeness (QED) is 0.862. The normalized spacial score (nSPS) is 16.0. The average molecular weight is 318 g/mol. The molecule has 8 heteroatoms. The van der Waals surface area contributed by atoms with Gasteiger partial charge >= 0.3 is 0 Å².